The van der Waals surface area contributed by atoms with Gasteiger partial charge in [-0.25, -0.2) is 0 Å². The summed E-state index contributed by atoms with van der Waals surface area (Å²) in [6.45, 7) is 11.9. The van der Waals surface area contributed by atoms with E-state index in [0.29, 0.717) is 0 Å². The molecule has 0 amide bonds. The van der Waals surface area contributed by atoms with Gasteiger partial charge in [-0.05, 0) is 64.2 Å². The fourth-order valence-corrected chi connectivity index (χ4v) is 2.23. The van der Waals surface area contributed by atoms with E-state index in [-0.39, 0.29) is 0 Å². The third-order valence-electron chi connectivity index (χ3n) is 3.46. The lowest BCUT2D eigenvalue weighted by Crippen LogP contribution is -2.29. The number of hydrogen-bond donors (Lipinski definition) is 1. The van der Waals surface area contributed by atoms with Gasteiger partial charge in [0.05, 0.1) is 0 Å². The molecule has 0 aliphatic heterocycles. The van der Waals surface area contributed by atoms with Crippen LogP contribution in [0.5, 0.6) is 0 Å². The monoisotopic (exact) mass is 240 g/mol. The van der Waals surface area contributed by atoms with Gasteiger partial charge in [0.2, 0.25) is 0 Å². The Morgan fingerprint density at radius 3 is 2.41 bits per heavy atom. The number of unbranched alkanes of at least 4 members (excludes halogenated alkanes) is 2. The Hall–Kier alpha value is -0.0800. The Morgan fingerprint density at radius 2 is 1.82 bits per heavy atom. The van der Waals surface area contributed by atoms with Crippen LogP contribution in [-0.2, 0) is 0 Å². The van der Waals surface area contributed by atoms with Crippen LogP contribution < -0.4 is 5.32 Å². The van der Waals surface area contributed by atoms with E-state index < -0.39 is 0 Å². The maximum absolute atomic E-state index is 3.53. The zero-order valence-electron chi connectivity index (χ0n) is 12.2. The van der Waals surface area contributed by atoms with Crippen molar-refractivity contribution in [3.05, 3.63) is 0 Å². The van der Waals surface area contributed by atoms with Crippen LogP contribution in [0, 0.1) is 5.92 Å². The number of nitrogens with one attached hydrogen (secondary N) is 1. The molecule has 1 N–H and O–H groups in total. The highest BCUT2D eigenvalue weighted by Gasteiger charge is 2.27. The maximum Gasteiger partial charge on any atom is 0.00964 e. The summed E-state index contributed by atoms with van der Waals surface area (Å²) >= 11 is 0. The van der Waals surface area contributed by atoms with Crippen molar-refractivity contribution >= 4 is 0 Å². The van der Waals surface area contributed by atoms with Gasteiger partial charge in [0.1, 0.15) is 0 Å². The molecule has 1 aliphatic rings. The van der Waals surface area contributed by atoms with Gasteiger partial charge in [-0.2, -0.15) is 0 Å². The van der Waals surface area contributed by atoms with Gasteiger partial charge in [0.25, 0.3) is 0 Å². The van der Waals surface area contributed by atoms with E-state index in [1.807, 2.05) is 0 Å². The largest absolute Gasteiger partial charge is 0.316 e. The summed E-state index contributed by atoms with van der Waals surface area (Å²) in [5.74, 6) is 0.780. The lowest BCUT2D eigenvalue weighted by Gasteiger charge is -2.21. The van der Waals surface area contributed by atoms with Crippen LogP contribution in [-0.4, -0.2) is 37.1 Å². The van der Waals surface area contributed by atoms with E-state index in [1.54, 1.807) is 0 Å². The molecule has 0 heterocycles. The van der Waals surface area contributed by atoms with Crippen LogP contribution in [0.25, 0.3) is 0 Å². The molecule has 102 valence electrons. The molecule has 1 fully saturated rings. The lowest BCUT2D eigenvalue weighted by atomic mass is 10.2. The first kappa shape index (κ1) is 15.0. The van der Waals surface area contributed by atoms with E-state index in [4.69, 9.17) is 0 Å². The minimum atomic E-state index is 0.780. The molecule has 2 nitrogen and oxygen atoms in total. The molecule has 0 radical (unpaired) electrons. The van der Waals surface area contributed by atoms with Crippen molar-refractivity contribution < 1.29 is 0 Å². The Bertz CT molecular complexity index is 176. The molecule has 2 heteroatoms. The van der Waals surface area contributed by atoms with E-state index in [9.17, 15) is 0 Å². The average molecular weight is 240 g/mol. The standard InChI is InChI=1S/C15H32N2/c1-4-5-11-17(15-8-9-15)12-7-6-10-16-13-14(2)3/h14-16H,4-13H2,1-3H3. The predicted octanol–water partition coefficient (Wildman–Crippen LogP) is 3.28. The van der Waals surface area contributed by atoms with Gasteiger partial charge in [-0.15, -0.1) is 0 Å². The van der Waals surface area contributed by atoms with E-state index >= 15 is 0 Å². The smallest absolute Gasteiger partial charge is 0.00964 e. The average Bonchev–Trinajstić information content (AvgIpc) is 3.10. The summed E-state index contributed by atoms with van der Waals surface area (Å²) in [7, 11) is 0. The fourth-order valence-electron chi connectivity index (χ4n) is 2.23. The molecule has 1 saturated carbocycles. The van der Waals surface area contributed by atoms with Crippen LogP contribution in [0.15, 0.2) is 0 Å². The molecule has 0 aromatic heterocycles. The van der Waals surface area contributed by atoms with Crippen molar-refractivity contribution in [1.29, 1.82) is 0 Å². The molecule has 0 saturated heterocycles. The molecule has 0 unspecified atom stereocenters. The van der Waals surface area contributed by atoms with E-state index in [1.165, 1.54) is 64.7 Å². The van der Waals surface area contributed by atoms with Gasteiger partial charge < -0.3 is 10.2 Å². The van der Waals surface area contributed by atoms with Crippen LogP contribution in [0.3, 0.4) is 0 Å². The summed E-state index contributed by atoms with van der Waals surface area (Å²) < 4.78 is 0. The van der Waals surface area contributed by atoms with E-state index in [0.717, 1.165) is 12.0 Å². The van der Waals surface area contributed by atoms with Crippen molar-refractivity contribution in [2.45, 2.75) is 65.3 Å². The zero-order chi connectivity index (χ0) is 12.5. The first-order valence-corrected chi connectivity index (χ1v) is 7.68. The van der Waals surface area contributed by atoms with Crippen molar-refractivity contribution in [2.24, 2.45) is 5.92 Å². The van der Waals surface area contributed by atoms with Gasteiger partial charge >= 0.3 is 0 Å². The maximum atomic E-state index is 3.53. The Kier molecular flexibility index (Phi) is 7.87. The number of nitrogens with zero attached hydrogens (tertiary/aromatic N) is 1. The van der Waals surface area contributed by atoms with Crippen LogP contribution in [0.2, 0.25) is 0 Å². The minimum absolute atomic E-state index is 0.780. The molecule has 0 aromatic rings. The number of hydrogen-bond acceptors (Lipinski definition) is 2. The first-order chi connectivity index (χ1) is 8.24. The summed E-state index contributed by atoms with van der Waals surface area (Å²) in [5.41, 5.74) is 0. The predicted molar refractivity (Wildman–Crippen MR) is 76.4 cm³/mol. The molecule has 0 aromatic carbocycles. The molecule has 17 heavy (non-hydrogen) atoms. The SMILES string of the molecule is CCCCN(CCCCNCC(C)C)C1CC1. The highest BCUT2D eigenvalue weighted by atomic mass is 15.2. The van der Waals surface area contributed by atoms with Crippen LogP contribution >= 0.6 is 0 Å². The van der Waals surface area contributed by atoms with Crippen molar-refractivity contribution in [3.63, 3.8) is 0 Å². The zero-order valence-corrected chi connectivity index (χ0v) is 12.2. The fraction of sp³-hybridized carbons (Fsp3) is 1.00. The summed E-state index contributed by atoms with van der Waals surface area (Å²) in [6.07, 6.45) is 8.32. The molecule has 1 aliphatic carbocycles. The Morgan fingerprint density at radius 1 is 1.12 bits per heavy atom. The second-order valence-electron chi connectivity index (χ2n) is 5.93. The second-order valence-corrected chi connectivity index (χ2v) is 5.93. The van der Waals surface area contributed by atoms with Crippen LogP contribution in [0.1, 0.15) is 59.3 Å². The molecule has 0 bridgehead atoms. The minimum Gasteiger partial charge on any atom is -0.316 e. The molecule has 1 rings (SSSR count). The highest BCUT2D eigenvalue weighted by molar-refractivity contribution is 4.84. The quantitative estimate of drug-likeness (QED) is 0.558. The van der Waals surface area contributed by atoms with E-state index in [2.05, 4.69) is 31.0 Å². The van der Waals surface area contributed by atoms with Gasteiger partial charge in [0, 0.05) is 6.04 Å². The van der Waals surface area contributed by atoms with Gasteiger partial charge in [0.15, 0.2) is 0 Å². The molecule has 0 atom stereocenters. The van der Waals surface area contributed by atoms with Gasteiger partial charge in [-0.3, -0.25) is 0 Å². The third-order valence-corrected chi connectivity index (χ3v) is 3.46. The van der Waals surface area contributed by atoms with Crippen LogP contribution in [0.4, 0.5) is 0 Å². The Labute approximate surface area is 108 Å². The molecular weight excluding hydrogens is 208 g/mol. The molecule has 0 spiro atoms. The van der Waals surface area contributed by atoms with Crippen molar-refractivity contribution in [3.8, 4) is 0 Å². The second kappa shape index (κ2) is 8.93. The van der Waals surface area contributed by atoms with Gasteiger partial charge in [-0.1, -0.05) is 27.2 Å². The molecular formula is C15H32N2. The highest BCUT2D eigenvalue weighted by Crippen LogP contribution is 2.27. The third kappa shape index (κ3) is 7.77. The normalized spacial score (nSPS) is 16.1. The summed E-state index contributed by atoms with van der Waals surface area (Å²) in [5, 5.41) is 3.53. The topological polar surface area (TPSA) is 15.3 Å². The summed E-state index contributed by atoms with van der Waals surface area (Å²) in [6, 6.07) is 0.949. The summed E-state index contributed by atoms with van der Waals surface area (Å²) in [4.78, 5) is 2.73. The Balaban J connectivity index is 1.95. The van der Waals surface area contributed by atoms with Crippen molar-refractivity contribution in [2.75, 3.05) is 26.2 Å². The van der Waals surface area contributed by atoms with Crippen molar-refractivity contribution in [1.82, 2.24) is 10.2 Å². The first-order valence-electron chi connectivity index (χ1n) is 7.68. The lowest BCUT2D eigenvalue weighted by molar-refractivity contribution is 0.253. The number of rotatable bonds is 11.